The molecule has 0 unspecified atom stereocenters. The van der Waals surface area contributed by atoms with Gasteiger partial charge in [-0.1, -0.05) is 41.9 Å². The van der Waals surface area contributed by atoms with E-state index in [-0.39, 0.29) is 11.5 Å². The number of hydrogen-bond donors (Lipinski definition) is 1. The van der Waals surface area contributed by atoms with Crippen LogP contribution in [0, 0.1) is 10.1 Å². The van der Waals surface area contributed by atoms with Crippen molar-refractivity contribution in [2.24, 2.45) is 0 Å². The van der Waals surface area contributed by atoms with Gasteiger partial charge in [0.15, 0.2) is 0 Å². The Morgan fingerprint density at radius 2 is 1.80 bits per heavy atom. The number of rotatable bonds is 6. The Morgan fingerprint density at radius 3 is 2.47 bits per heavy atom. The molecule has 4 rings (SSSR count). The number of nitro groups is 1. The Morgan fingerprint density at radius 1 is 1.03 bits per heavy atom. The highest BCUT2D eigenvalue weighted by Crippen LogP contribution is 2.33. The van der Waals surface area contributed by atoms with Gasteiger partial charge in [-0.25, -0.2) is 15.0 Å². The lowest BCUT2D eigenvalue weighted by Gasteiger charge is -2.35. The third kappa shape index (κ3) is 4.64. The molecule has 3 aromatic rings. The summed E-state index contributed by atoms with van der Waals surface area (Å²) < 4.78 is 0. The maximum atomic E-state index is 11.8. The first-order valence-corrected chi connectivity index (χ1v) is 9.87. The Labute approximate surface area is 178 Å². The molecule has 0 bridgehead atoms. The second-order valence-corrected chi connectivity index (χ2v) is 7.32. The molecule has 0 radical (unpaired) electrons. The van der Waals surface area contributed by atoms with Crippen molar-refractivity contribution in [2.45, 2.75) is 6.54 Å². The number of aromatic nitrogens is 3. The number of nitrogens with one attached hydrogen (secondary N) is 1. The largest absolute Gasteiger partial charge is 0.353 e. The number of piperazine rings is 1. The topological polar surface area (TPSA) is 100 Å². The molecule has 10 heteroatoms. The maximum absolute atomic E-state index is 11.8. The van der Waals surface area contributed by atoms with Gasteiger partial charge >= 0.3 is 5.69 Å². The third-order valence-electron chi connectivity index (χ3n) is 4.88. The SMILES string of the molecule is O=[N+]([O-])c1c(Nc2ccc(Cl)cn2)ncnc1N1CCN(Cc2ccccc2)CC1. The predicted octanol–water partition coefficient (Wildman–Crippen LogP) is 3.50. The molecule has 1 aliphatic rings. The molecule has 2 aromatic heterocycles. The number of anilines is 3. The van der Waals surface area contributed by atoms with Gasteiger partial charge in [0.2, 0.25) is 11.6 Å². The van der Waals surface area contributed by atoms with Gasteiger partial charge in [-0.05, 0) is 17.7 Å². The van der Waals surface area contributed by atoms with Crippen LogP contribution < -0.4 is 10.2 Å². The van der Waals surface area contributed by atoms with E-state index in [1.165, 1.54) is 18.1 Å². The molecular weight excluding hydrogens is 406 g/mol. The fourth-order valence-corrected chi connectivity index (χ4v) is 3.50. The minimum absolute atomic E-state index is 0.103. The molecule has 1 fully saturated rings. The first kappa shape index (κ1) is 20.0. The van der Waals surface area contributed by atoms with Crippen LogP contribution in [-0.2, 0) is 6.54 Å². The van der Waals surface area contributed by atoms with Gasteiger partial charge in [0.1, 0.15) is 12.1 Å². The van der Waals surface area contributed by atoms with E-state index in [0.29, 0.717) is 29.7 Å². The van der Waals surface area contributed by atoms with Crippen LogP contribution >= 0.6 is 11.6 Å². The smallest absolute Gasteiger partial charge is 0.348 e. The summed E-state index contributed by atoms with van der Waals surface area (Å²) in [5.41, 5.74) is 1.09. The first-order valence-electron chi connectivity index (χ1n) is 9.49. The van der Waals surface area contributed by atoms with E-state index in [1.807, 2.05) is 23.1 Å². The maximum Gasteiger partial charge on any atom is 0.353 e. The van der Waals surface area contributed by atoms with Gasteiger partial charge < -0.3 is 10.2 Å². The molecular formula is C20H20ClN7O2. The van der Waals surface area contributed by atoms with Crippen molar-refractivity contribution in [1.82, 2.24) is 19.9 Å². The Hall–Kier alpha value is -3.30. The summed E-state index contributed by atoms with van der Waals surface area (Å²) in [7, 11) is 0. The summed E-state index contributed by atoms with van der Waals surface area (Å²) in [6.45, 7) is 3.72. The Balaban J connectivity index is 1.50. The van der Waals surface area contributed by atoms with E-state index in [9.17, 15) is 10.1 Å². The van der Waals surface area contributed by atoms with Crippen LogP contribution in [0.1, 0.15) is 5.56 Å². The minimum Gasteiger partial charge on any atom is -0.348 e. The lowest BCUT2D eigenvalue weighted by molar-refractivity contribution is -0.383. The molecule has 0 saturated carbocycles. The lowest BCUT2D eigenvalue weighted by Crippen LogP contribution is -2.46. The van der Waals surface area contributed by atoms with E-state index < -0.39 is 4.92 Å². The fourth-order valence-electron chi connectivity index (χ4n) is 3.39. The number of pyridine rings is 1. The van der Waals surface area contributed by atoms with Crippen LogP contribution in [0.4, 0.5) is 23.1 Å². The molecule has 0 amide bonds. The van der Waals surface area contributed by atoms with Gasteiger partial charge in [0.05, 0.1) is 9.95 Å². The predicted molar refractivity (Wildman–Crippen MR) is 115 cm³/mol. The molecule has 0 spiro atoms. The highest BCUT2D eigenvalue weighted by molar-refractivity contribution is 6.30. The second-order valence-electron chi connectivity index (χ2n) is 6.89. The van der Waals surface area contributed by atoms with E-state index in [4.69, 9.17) is 11.6 Å². The van der Waals surface area contributed by atoms with Gasteiger partial charge in [0, 0.05) is 38.9 Å². The Bertz CT molecular complexity index is 1010. The number of nitrogens with zero attached hydrogens (tertiary/aromatic N) is 6. The first-order chi connectivity index (χ1) is 14.6. The lowest BCUT2D eigenvalue weighted by atomic mass is 10.2. The molecule has 1 aromatic carbocycles. The summed E-state index contributed by atoms with van der Waals surface area (Å²) >= 11 is 5.85. The highest BCUT2D eigenvalue weighted by atomic mass is 35.5. The number of benzene rings is 1. The van der Waals surface area contributed by atoms with E-state index in [0.717, 1.165) is 19.6 Å². The average Bonchev–Trinajstić information content (AvgIpc) is 2.76. The number of hydrogen-bond acceptors (Lipinski definition) is 8. The molecule has 1 saturated heterocycles. The molecule has 1 aliphatic heterocycles. The van der Waals surface area contributed by atoms with Crippen LogP contribution in [0.15, 0.2) is 55.0 Å². The normalized spacial score (nSPS) is 14.5. The fraction of sp³-hybridized carbons (Fsp3) is 0.250. The van der Waals surface area contributed by atoms with Crippen molar-refractivity contribution in [3.8, 4) is 0 Å². The quantitative estimate of drug-likeness (QED) is 0.473. The van der Waals surface area contributed by atoms with Crippen molar-refractivity contribution in [2.75, 3.05) is 36.4 Å². The van der Waals surface area contributed by atoms with Gasteiger partial charge in [-0.15, -0.1) is 0 Å². The molecule has 0 atom stereocenters. The molecule has 9 nitrogen and oxygen atoms in total. The molecule has 3 heterocycles. The summed E-state index contributed by atoms with van der Waals surface area (Å²) in [5.74, 6) is 0.831. The van der Waals surface area contributed by atoms with Crippen molar-refractivity contribution in [1.29, 1.82) is 0 Å². The van der Waals surface area contributed by atoms with E-state index in [2.05, 4.69) is 37.3 Å². The number of halogens is 1. The molecule has 0 aliphatic carbocycles. The second kappa shape index (κ2) is 9.02. The van der Waals surface area contributed by atoms with Crippen LogP contribution in [0.25, 0.3) is 0 Å². The average molecular weight is 426 g/mol. The minimum atomic E-state index is -0.454. The van der Waals surface area contributed by atoms with Crippen LogP contribution in [0.5, 0.6) is 0 Å². The summed E-state index contributed by atoms with van der Waals surface area (Å²) in [6, 6.07) is 13.5. The standard InChI is InChI=1S/C20H20ClN7O2/c21-16-6-7-17(22-12-16)25-19-18(28(29)30)20(24-14-23-19)27-10-8-26(9-11-27)13-15-4-2-1-3-5-15/h1-7,12,14H,8-11,13H2,(H,22,23,24,25). The third-order valence-corrected chi connectivity index (χ3v) is 5.10. The zero-order valence-electron chi connectivity index (χ0n) is 16.1. The Kier molecular flexibility index (Phi) is 6.01. The van der Waals surface area contributed by atoms with Crippen LogP contribution in [0.3, 0.4) is 0 Å². The zero-order valence-corrected chi connectivity index (χ0v) is 16.9. The van der Waals surface area contributed by atoms with Crippen LogP contribution in [0.2, 0.25) is 5.02 Å². The summed E-state index contributed by atoms with van der Waals surface area (Å²) in [6.07, 6.45) is 2.79. The van der Waals surface area contributed by atoms with E-state index >= 15 is 0 Å². The van der Waals surface area contributed by atoms with Gasteiger partial charge in [-0.3, -0.25) is 15.0 Å². The van der Waals surface area contributed by atoms with Crippen molar-refractivity contribution in [3.63, 3.8) is 0 Å². The molecule has 30 heavy (non-hydrogen) atoms. The van der Waals surface area contributed by atoms with Crippen molar-refractivity contribution in [3.05, 3.63) is 75.7 Å². The zero-order chi connectivity index (χ0) is 20.9. The molecule has 1 N–H and O–H groups in total. The van der Waals surface area contributed by atoms with Gasteiger partial charge in [-0.2, -0.15) is 0 Å². The van der Waals surface area contributed by atoms with Crippen molar-refractivity contribution < 1.29 is 4.92 Å². The highest BCUT2D eigenvalue weighted by Gasteiger charge is 2.29. The van der Waals surface area contributed by atoms with Gasteiger partial charge in [0.25, 0.3) is 0 Å². The van der Waals surface area contributed by atoms with Crippen LogP contribution in [-0.4, -0.2) is 51.0 Å². The van der Waals surface area contributed by atoms with Crippen molar-refractivity contribution >= 4 is 34.7 Å². The molecule has 154 valence electrons. The monoisotopic (exact) mass is 425 g/mol. The van der Waals surface area contributed by atoms with E-state index in [1.54, 1.807) is 12.1 Å². The summed E-state index contributed by atoms with van der Waals surface area (Å²) in [4.78, 5) is 28.1. The summed E-state index contributed by atoms with van der Waals surface area (Å²) in [5, 5.41) is 15.2.